The van der Waals surface area contributed by atoms with Crippen molar-refractivity contribution in [1.29, 1.82) is 0 Å². The third-order valence-corrected chi connectivity index (χ3v) is 4.05. The van der Waals surface area contributed by atoms with Crippen LogP contribution in [0.3, 0.4) is 0 Å². The predicted octanol–water partition coefficient (Wildman–Crippen LogP) is 4.56. The Kier molecular flexibility index (Phi) is 6.95. The first-order valence-electron chi connectivity index (χ1n) is 9.10. The van der Waals surface area contributed by atoms with Crippen molar-refractivity contribution >= 4 is 12.0 Å². The van der Waals surface area contributed by atoms with E-state index in [0.29, 0.717) is 24.5 Å². The first kappa shape index (κ1) is 20.1. The maximum Gasteiger partial charge on any atom is 0.246 e. The van der Waals surface area contributed by atoms with E-state index in [4.69, 9.17) is 9.47 Å². The van der Waals surface area contributed by atoms with Gasteiger partial charge >= 0.3 is 0 Å². The average Bonchev–Trinajstić information content (AvgIpc) is 2.75. The first-order chi connectivity index (χ1) is 14.1. The number of rotatable bonds is 8. The van der Waals surface area contributed by atoms with Crippen LogP contribution in [0.25, 0.3) is 6.08 Å². The highest BCUT2D eigenvalue weighted by Crippen LogP contribution is 2.24. The molecule has 29 heavy (non-hydrogen) atoms. The molecule has 0 radical (unpaired) electrons. The van der Waals surface area contributed by atoms with Gasteiger partial charge in [-0.2, -0.15) is 0 Å². The van der Waals surface area contributed by atoms with Gasteiger partial charge in [-0.3, -0.25) is 9.78 Å². The molecule has 0 fully saturated rings. The van der Waals surface area contributed by atoms with E-state index >= 15 is 0 Å². The van der Waals surface area contributed by atoms with Crippen LogP contribution < -0.4 is 9.47 Å². The second-order valence-corrected chi connectivity index (χ2v) is 6.24. The number of pyridine rings is 1. The maximum absolute atomic E-state index is 14.3. The van der Waals surface area contributed by atoms with E-state index in [9.17, 15) is 9.18 Å². The third kappa shape index (κ3) is 6.17. The number of aromatic nitrogens is 1. The van der Waals surface area contributed by atoms with Crippen LogP contribution in [0, 0.1) is 5.82 Å². The van der Waals surface area contributed by atoms with Gasteiger partial charge in [0, 0.05) is 19.3 Å². The summed E-state index contributed by atoms with van der Waals surface area (Å²) in [6.45, 7) is 0.819. The monoisotopic (exact) mass is 392 g/mol. The average molecular weight is 392 g/mol. The van der Waals surface area contributed by atoms with Crippen molar-refractivity contribution in [2.45, 2.75) is 0 Å². The van der Waals surface area contributed by atoms with Crippen molar-refractivity contribution in [2.75, 3.05) is 20.2 Å². The van der Waals surface area contributed by atoms with Crippen LogP contribution in [0.15, 0.2) is 79.1 Å². The summed E-state index contributed by atoms with van der Waals surface area (Å²) in [6, 6.07) is 17.3. The van der Waals surface area contributed by atoms with Crippen LogP contribution in [0.5, 0.6) is 17.2 Å². The number of halogens is 1. The largest absolute Gasteiger partial charge is 0.492 e. The molecule has 0 bridgehead atoms. The molecule has 0 N–H and O–H groups in total. The molecular formula is C23H21FN2O3. The van der Waals surface area contributed by atoms with E-state index < -0.39 is 5.82 Å². The molecule has 6 heteroatoms. The van der Waals surface area contributed by atoms with Crippen LogP contribution in [-0.2, 0) is 4.79 Å². The molecule has 3 rings (SSSR count). The number of nitrogens with zero attached hydrogens (tertiary/aromatic N) is 2. The number of likely N-dealkylation sites (N-methyl/N-ethyl adjacent to an activating group) is 1. The number of para-hydroxylation sites is 1. The highest BCUT2D eigenvalue weighted by molar-refractivity contribution is 5.91. The fourth-order valence-corrected chi connectivity index (χ4v) is 2.46. The molecule has 0 spiro atoms. The summed E-state index contributed by atoms with van der Waals surface area (Å²) in [6.07, 6.45) is 6.08. The smallest absolute Gasteiger partial charge is 0.246 e. The zero-order valence-corrected chi connectivity index (χ0v) is 16.0. The highest BCUT2D eigenvalue weighted by atomic mass is 19.1. The fraction of sp³-hybridized carbons (Fsp3) is 0.130. The summed E-state index contributed by atoms with van der Waals surface area (Å²) in [5.41, 5.74) is 0.559. The van der Waals surface area contributed by atoms with Crippen LogP contribution in [0.1, 0.15) is 5.56 Å². The molecule has 1 heterocycles. The molecule has 0 atom stereocenters. The Labute approximate surface area is 169 Å². The normalized spacial score (nSPS) is 10.7. The lowest BCUT2D eigenvalue weighted by Gasteiger charge is -2.15. The standard InChI is InChI=1S/C23H21FN2O3/c1-26(14-15-28-19-6-3-2-4-7-19)23(27)12-10-18-9-11-22(21(24)16-18)29-20-8-5-13-25-17-20/h2-13,16-17H,14-15H2,1H3/b12-10+. The lowest BCUT2D eigenvalue weighted by molar-refractivity contribution is -0.125. The van der Waals surface area contributed by atoms with Gasteiger partial charge in [0.1, 0.15) is 18.1 Å². The summed E-state index contributed by atoms with van der Waals surface area (Å²) < 4.78 is 25.3. The summed E-state index contributed by atoms with van der Waals surface area (Å²) in [7, 11) is 1.69. The highest BCUT2D eigenvalue weighted by Gasteiger charge is 2.07. The molecule has 0 aliphatic heterocycles. The minimum absolute atomic E-state index is 0.0941. The molecular weight excluding hydrogens is 371 g/mol. The molecule has 5 nitrogen and oxygen atoms in total. The molecule has 148 valence electrons. The number of amides is 1. The molecule has 0 saturated carbocycles. The molecule has 0 aliphatic carbocycles. The van der Waals surface area contributed by atoms with Gasteiger partial charge in [0.05, 0.1) is 12.7 Å². The Morgan fingerprint density at radius 2 is 1.90 bits per heavy atom. The van der Waals surface area contributed by atoms with E-state index in [1.807, 2.05) is 30.3 Å². The zero-order valence-electron chi connectivity index (χ0n) is 16.0. The lowest BCUT2D eigenvalue weighted by Crippen LogP contribution is -2.29. The second-order valence-electron chi connectivity index (χ2n) is 6.24. The molecule has 0 unspecified atom stereocenters. The van der Waals surface area contributed by atoms with E-state index in [0.717, 1.165) is 5.75 Å². The molecule has 0 saturated heterocycles. The van der Waals surface area contributed by atoms with Crippen molar-refractivity contribution in [2.24, 2.45) is 0 Å². The van der Waals surface area contributed by atoms with Gasteiger partial charge in [0.25, 0.3) is 0 Å². The molecule has 1 amide bonds. The van der Waals surface area contributed by atoms with E-state index in [1.54, 1.807) is 37.5 Å². The van der Waals surface area contributed by atoms with Crippen LogP contribution in [0.2, 0.25) is 0 Å². The number of carbonyl (C=O) groups is 1. The summed E-state index contributed by atoms with van der Waals surface area (Å²) in [5.74, 6) is 0.583. The van der Waals surface area contributed by atoms with Gasteiger partial charge in [-0.15, -0.1) is 0 Å². The van der Waals surface area contributed by atoms with Crippen molar-refractivity contribution in [3.05, 3.63) is 90.5 Å². The number of benzene rings is 2. The second kappa shape index (κ2) is 10.0. The summed E-state index contributed by atoms with van der Waals surface area (Å²) in [4.78, 5) is 17.7. The van der Waals surface area contributed by atoms with Gasteiger partial charge in [0.15, 0.2) is 11.6 Å². The number of hydrogen-bond donors (Lipinski definition) is 0. The Balaban J connectivity index is 1.51. The SMILES string of the molecule is CN(CCOc1ccccc1)C(=O)/C=C/c1ccc(Oc2cccnc2)c(F)c1. The van der Waals surface area contributed by atoms with Crippen molar-refractivity contribution in [3.63, 3.8) is 0 Å². The number of ether oxygens (including phenoxy) is 2. The lowest BCUT2D eigenvalue weighted by atomic mass is 10.2. The molecule has 0 aliphatic rings. The first-order valence-corrected chi connectivity index (χ1v) is 9.10. The van der Waals surface area contributed by atoms with Gasteiger partial charge < -0.3 is 14.4 Å². The van der Waals surface area contributed by atoms with Gasteiger partial charge in [-0.25, -0.2) is 4.39 Å². The molecule has 3 aromatic rings. The zero-order chi connectivity index (χ0) is 20.5. The topological polar surface area (TPSA) is 51.7 Å². The predicted molar refractivity (Wildman–Crippen MR) is 109 cm³/mol. The Morgan fingerprint density at radius 3 is 2.62 bits per heavy atom. The Morgan fingerprint density at radius 1 is 1.10 bits per heavy atom. The quantitative estimate of drug-likeness (QED) is 0.527. The maximum atomic E-state index is 14.3. The number of hydrogen-bond acceptors (Lipinski definition) is 4. The summed E-state index contributed by atoms with van der Waals surface area (Å²) in [5, 5.41) is 0. The van der Waals surface area contributed by atoms with Crippen molar-refractivity contribution in [3.8, 4) is 17.2 Å². The molecule has 2 aromatic carbocycles. The van der Waals surface area contributed by atoms with E-state index in [2.05, 4.69) is 4.98 Å². The minimum Gasteiger partial charge on any atom is -0.492 e. The van der Waals surface area contributed by atoms with E-state index in [-0.39, 0.29) is 11.7 Å². The molecule has 1 aromatic heterocycles. The van der Waals surface area contributed by atoms with Crippen molar-refractivity contribution in [1.82, 2.24) is 9.88 Å². The van der Waals surface area contributed by atoms with Crippen LogP contribution >= 0.6 is 0 Å². The van der Waals surface area contributed by atoms with Gasteiger partial charge in [-0.05, 0) is 48.0 Å². The number of carbonyl (C=O) groups excluding carboxylic acids is 1. The minimum atomic E-state index is -0.520. The van der Waals surface area contributed by atoms with Crippen LogP contribution in [0.4, 0.5) is 4.39 Å². The van der Waals surface area contributed by atoms with Gasteiger partial charge in [0.2, 0.25) is 5.91 Å². The van der Waals surface area contributed by atoms with Crippen molar-refractivity contribution < 1.29 is 18.7 Å². The fourth-order valence-electron chi connectivity index (χ4n) is 2.46. The summed E-state index contributed by atoms with van der Waals surface area (Å²) >= 11 is 0. The Hall–Kier alpha value is -3.67. The Bertz CT molecular complexity index is 962. The van der Waals surface area contributed by atoms with Crippen LogP contribution in [-0.4, -0.2) is 36.0 Å². The van der Waals surface area contributed by atoms with Gasteiger partial charge in [-0.1, -0.05) is 24.3 Å². The third-order valence-electron chi connectivity index (χ3n) is 4.05. The van der Waals surface area contributed by atoms with E-state index in [1.165, 1.54) is 29.3 Å².